The molecule has 2 aliphatic rings. The maximum absolute atomic E-state index is 12.2. The highest BCUT2D eigenvalue weighted by Gasteiger charge is 2.30. The van der Waals surface area contributed by atoms with Gasteiger partial charge in [-0.25, -0.2) is 4.98 Å². The van der Waals surface area contributed by atoms with Gasteiger partial charge in [-0.15, -0.1) is 11.3 Å². The van der Waals surface area contributed by atoms with Crippen molar-refractivity contribution in [3.05, 3.63) is 16.1 Å². The monoisotopic (exact) mass is 323 g/mol. The van der Waals surface area contributed by atoms with Crippen LogP contribution in [-0.4, -0.2) is 53.2 Å². The van der Waals surface area contributed by atoms with Gasteiger partial charge in [0.1, 0.15) is 4.88 Å². The zero-order valence-electron chi connectivity index (χ0n) is 13.0. The lowest BCUT2D eigenvalue weighted by Crippen LogP contribution is -2.33. The SMILES string of the molecule is O=C(NCCCCN1CCCC1CO)c1scnc1C1CC1. The highest BCUT2D eigenvalue weighted by Crippen LogP contribution is 2.41. The molecule has 0 aromatic carbocycles. The molecule has 2 N–H and O–H groups in total. The van der Waals surface area contributed by atoms with Crippen molar-refractivity contribution < 1.29 is 9.90 Å². The van der Waals surface area contributed by atoms with Crippen LogP contribution in [0.15, 0.2) is 5.51 Å². The van der Waals surface area contributed by atoms with Gasteiger partial charge in [0.2, 0.25) is 0 Å². The van der Waals surface area contributed by atoms with E-state index >= 15 is 0 Å². The Morgan fingerprint density at radius 2 is 2.27 bits per heavy atom. The van der Waals surface area contributed by atoms with E-state index in [1.54, 1.807) is 5.51 Å². The predicted molar refractivity (Wildman–Crippen MR) is 87.3 cm³/mol. The van der Waals surface area contributed by atoms with E-state index in [4.69, 9.17) is 0 Å². The van der Waals surface area contributed by atoms with E-state index in [1.807, 2.05) is 0 Å². The first-order chi connectivity index (χ1) is 10.8. The molecule has 6 heteroatoms. The molecule has 1 saturated heterocycles. The number of aliphatic hydroxyl groups excluding tert-OH is 1. The van der Waals surface area contributed by atoms with E-state index in [0.29, 0.717) is 12.0 Å². The number of unbranched alkanes of at least 4 members (excludes halogenated alkanes) is 1. The molecule has 1 amide bonds. The number of nitrogens with one attached hydrogen (secondary N) is 1. The summed E-state index contributed by atoms with van der Waals surface area (Å²) in [5.74, 6) is 0.566. The van der Waals surface area contributed by atoms with Gasteiger partial charge in [0.25, 0.3) is 5.91 Å². The first-order valence-electron chi connectivity index (χ1n) is 8.36. The fraction of sp³-hybridized carbons (Fsp3) is 0.750. The van der Waals surface area contributed by atoms with E-state index in [-0.39, 0.29) is 12.5 Å². The topological polar surface area (TPSA) is 65.5 Å². The highest BCUT2D eigenvalue weighted by molar-refractivity contribution is 7.11. The number of aliphatic hydroxyl groups is 1. The smallest absolute Gasteiger partial charge is 0.263 e. The Kier molecular flexibility index (Phi) is 5.44. The molecule has 1 aliphatic carbocycles. The van der Waals surface area contributed by atoms with E-state index in [1.165, 1.54) is 30.6 Å². The second-order valence-corrected chi connectivity index (χ2v) is 7.17. The summed E-state index contributed by atoms with van der Waals surface area (Å²) in [5.41, 5.74) is 2.79. The van der Waals surface area contributed by atoms with Crippen LogP contribution >= 0.6 is 11.3 Å². The molecule has 122 valence electrons. The molecule has 3 rings (SSSR count). The molecule has 1 unspecified atom stereocenters. The Morgan fingerprint density at radius 1 is 1.41 bits per heavy atom. The average Bonchev–Trinajstić information content (AvgIpc) is 3.08. The van der Waals surface area contributed by atoms with Crippen molar-refractivity contribution >= 4 is 17.2 Å². The summed E-state index contributed by atoms with van der Waals surface area (Å²) < 4.78 is 0. The Hall–Kier alpha value is -0.980. The van der Waals surface area contributed by atoms with Crippen LogP contribution in [0, 0.1) is 0 Å². The van der Waals surface area contributed by atoms with Crippen LogP contribution in [-0.2, 0) is 0 Å². The number of hydrogen-bond acceptors (Lipinski definition) is 5. The molecule has 1 aliphatic heterocycles. The fourth-order valence-corrected chi connectivity index (χ4v) is 3.98. The van der Waals surface area contributed by atoms with Gasteiger partial charge in [0.15, 0.2) is 0 Å². The van der Waals surface area contributed by atoms with Gasteiger partial charge >= 0.3 is 0 Å². The zero-order chi connectivity index (χ0) is 15.4. The number of likely N-dealkylation sites (tertiary alicyclic amines) is 1. The zero-order valence-corrected chi connectivity index (χ0v) is 13.8. The molecule has 2 heterocycles. The molecule has 2 fully saturated rings. The van der Waals surface area contributed by atoms with Crippen LogP contribution in [0.1, 0.15) is 59.8 Å². The first kappa shape index (κ1) is 15.9. The number of rotatable bonds is 8. The van der Waals surface area contributed by atoms with Crippen molar-refractivity contribution in [2.75, 3.05) is 26.2 Å². The summed E-state index contributed by atoms with van der Waals surface area (Å²) in [6.45, 7) is 3.11. The number of carbonyl (C=O) groups is 1. The Labute approximate surface area is 135 Å². The number of carbonyl (C=O) groups excluding carboxylic acids is 1. The van der Waals surface area contributed by atoms with Crippen molar-refractivity contribution in [3.8, 4) is 0 Å². The highest BCUT2D eigenvalue weighted by atomic mass is 32.1. The lowest BCUT2D eigenvalue weighted by Gasteiger charge is -2.22. The van der Waals surface area contributed by atoms with Crippen molar-refractivity contribution in [2.45, 2.75) is 50.5 Å². The van der Waals surface area contributed by atoms with Gasteiger partial charge in [-0.05, 0) is 51.6 Å². The summed E-state index contributed by atoms with van der Waals surface area (Å²) in [6, 6.07) is 0.355. The maximum atomic E-state index is 12.2. The van der Waals surface area contributed by atoms with E-state index < -0.39 is 0 Å². The number of thiazole rings is 1. The van der Waals surface area contributed by atoms with Gasteiger partial charge in [0.05, 0.1) is 17.8 Å². The molecule has 5 nitrogen and oxygen atoms in total. The number of nitrogens with zero attached hydrogens (tertiary/aromatic N) is 2. The minimum atomic E-state index is 0.0406. The van der Waals surface area contributed by atoms with Crippen LogP contribution in [0.2, 0.25) is 0 Å². The lowest BCUT2D eigenvalue weighted by atomic mass is 10.2. The lowest BCUT2D eigenvalue weighted by molar-refractivity contribution is 0.0955. The van der Waals surface area contributed by atoms with Crippen molar-refractivity contribution in [3.63, 3.8) is 0 Å². The predicted octanol–water partition coefficient (Wildman–Crippen LogP) is 1.99. The molecule has 0 spiro atoms. The minimum Gasteiger partial charge on any atom is -0.395 e. The summed E-state index contributed by atoms with van der Waals surface area (Å²) in [5, 5.41) is 12.3. The number of hydrogen-bond donors (Lipinski definition) is 2. The van der Waals surface area contributed by atoms with E-state index in [2.05, 4.69) is 15.2 Å². The first-order valence-corrected chi connectivity index (χ1v) is 9.24. The molecule has 1 aromatic heterocycles. The minimum absolute atomic E-state index is 0.0406. The van der Waals surface area contributed by atoms with Crippen LogP contribution < -0.4 is 5.32 Å². The quantitative estimate of drug-likeness (QED) is 0.718. The number of amides is 1. The van der Waals surface area contributed by atoms with Crippen molar-refractivity contribution in [2.24, 2.45) is 0 Å². The summed E-state index contributed by atoms with van der Waals surface area (Å²) in [6.07, 6.45) is 6.70. The second kappa shape index (κ2) is 7.53. The van der Waals surface area contributed by atoms with E-state index in [0.717, 1.165) is 49.5 Å². The third kappa shape index (κ3) is 3.86. The second-order valence-electron chi connectivity index (χ2n) is 6.32. The third-order valence-electron chi connectivity index (χ3n) is 4.63. The van der Waals surface area contributed by atoms with Gasteiger partial charge in [-0.2, -0.15) is 0 Å². The van der Waals surface area contributed by atoms with Gasteiger partial charge in [0, 0.05) is 18.5 Å². The van der Waals surface area contributed by atoms with Crippen LogP contribution in [0.5, 0.6) is 0 Å². The van der Waals surface area contributed by atoms with Gasteiger partial charge in [-0.1, -0.05) is 0 Å². The van der Waals surface area contributed by atoms with Crippen LogP contribution in [0.25, 0.3) is 0 Å². The van der Waals surface area contributed by atoms with Gasteiger partial charge in [-0.3, -0.25) is 9.69 Å². The Balaban J connectivity index is 1.34. The largest absolute Gasteiger partial charge is 0.395 e. The Morgan fingerprint density at radius 3 is 3.05 bits per heavy atom. The van der Waals surface area contributed by atoms with Crippen LogP contribution in [0.3, 0.4) is 0 Å². The standard InChI is InChI=1S/C16H25N3O2S/c20-10-13-4-3-9-19(13)8-2-1-7-17-16(21)15-14(12-5-6-12)18-11-22-15/h11-13,20H,1-10H2,(H,17,21). The molecule has 0 radical (unpaired) electrons. The molecular formula is C16H25N3O2S. The molecule has 0 bridgehead atoms. The maximum Gasteiger partial charge on any atom is 0.263 e. The average molecular weight is 323 g/mol. The van der Waals surface area contributed by atoms with E-state index in [9.17, 15) is 9.90 Å². The molecule has 1 aromatic rings. The summed E-state index contributed by atoms with van der Waals surface area (Å²) in [7, 11) is 0. The van der Waals surface area contributed by atoms with Gasteiger partial charge < -0.3 is 10.4 Å². The summed E-state index contributed by atoms with van der Waals surface area (Å²) in [4.78, 5) is 19.7. The molecule has 1 saturated carbocycles. The normalized spacial score (nSPS) is 22.1. The fourth-order valence-electron chi connectivity index (χ4n) is 3.19. The number of aromatic nitrogens is 1. The van der Waals surface area contributed by atoms with Crippen molar-refractivity contribution in [1.29, 1.82) is 0 Å². The van der Waals surface area contributed by atoms with Crippen LogP contribution in [0.4, 0.5) is 0 Å². The van der Waals surface area contributed by atoms with Crippen molar-refractivity contribution in [1.82, 2.24) is 15.2 Å². The third-order valence-corrected chi connectivity index (χ3v) is 5.47. The molecule has 22 heavy (non-hydrogen) atoms. The molecular weight excluding hydrogens is 298 g/mol. The molecule has 1 atom stereocenters. The Bertz CT molecular complexity index is 501. The summed E-state index contributed by atoms with van der Waals surface area (Å²) >= 11 is 1.45.